The van der Waals surface area contributed by atoms with Gasteiger partial charge >= 0.3 is 0 Å². The van der Waals surface area contributed by atoms with Crippen molar-refractivity contribution in [3.05, 3.63) is 30.1 Å². The number of nitrogens with zero attached hydrogens (tertiary/aromatic N) is 1. The molecule has 0 amide bonds. The Hall–Kier alpha value is -0.970. The summed E-state index contributed by atoms with van der Waals surface area (Å²) in [6.45, 7) is 2.20. The summed E-state index contributed by atoms with van der Waals surface area (Å²) in [7, 11) is 0. The molecule has 2 spiro atoms. The number of pyridine rings is 1. The van der Waals surface area contributed by atoms with Crippen LogP contribution in [0.4, 0.5) is 0 Å². The van der Waals surface area contributed by atoms with Gasteiger partial charge in [-0.15, -0.1) is 0 Å². The summed E-state index contributed by atoms with van der Waals surface area (Å²) >= 11 is 0. The van der Waals surface area contributed by atoms with Crippen LogP contribution in [-0.4, -0.2) is 30.5 Å². The van der Waals surface area contributed by atoms with Crippen LogP contribution in [-0.2, 0) is 14.9 Å². The van der Waals surface area contributed by atoms with Crippen LogP contribution >= 0.6 is 0 Å². The number of nitrogens with two attached hydrogens (primary N) is 1. The average molecular weight is 316 g/mol. The Bertz CT molecular complexity index is 536. The van der Waals surface area contributed by atoms with E-state index in [1.807, 2.05) is 12.3 Å². The minimum atomic E-state index is -0.337. The van der Waals surface area contributed by atoms with E-state index in [2.05, 4.69) is 12.1 Å². The molecule has 4 rings (SSSR count). The van der Waals surface area contributed by atoms with Gasteiger partial charge in [-0.1, -0.05) is 18.9 Å². The van der Waals surface area contributed by atoms with Crippen LogP contribution in [0.2, 0.25) is 0 Å². The molecule has 0 aromatic carbocycles. The van der Waals surface area contributed by atoms with Crippen molar-refractivity contribution in [1.82, 2.24) is 4.98 Å². The first-order valence-electron chi connectivity index (χ1n) is 9.14. The van der Waals surface area contributed by atoms with Crippen molar-refractivity contribution in [2.75, 3.05) is 19.8 Å². The van der Waals surface area contributed by atoms with Crippen LogP contribution in [0.25, 0.3) is 0 Å². The van der Waals surface area contributed by atoms with E-state index >= 15 is 0 Å². The van der Waals surface area contributed by atoms with Crippen LogP contribution in [0.3, 0.4) is 0 Å². The van der Waals surface area contributed by atoms with Crippen molar-refractivity contribution in [1.29, 1.82) is 0 Å². The summed E-state index contributed by atoms with van der Waals surface area (Å²) in [5.74, 6) is -0.337. The van der Waals surface area contributed by atoms with Crippen molar-refractivity contribution < 1.29 is 9.47 Å². The summed E-state index contributed by atoms with van der Waals surface area (Å²) in [6.07, 6.45) is 11.1. The molecule has 2 saturated carbocycles. The van der Waals surface area contributed by atoms with Crippen molar-refractivity contribution in [3.8, 4) is 0 Å². The van der Waals surface area contributed by atoms with E-state index in [0.717, 1.165) is 38.9 Å². The first kappa shape index (κ1) is 15.6. The highest BCUT2D eigenvalue weighted by Gasteiger charge is 2.62. The molecular formula is C19H28N2O2. The molecule has 2 aliphatic carbocycles. The van der Waals surface area contributed by atoms with Gasteiger partial charge in [0.2, 0.25) is 0 Å². The Balaban J connectivity index is 1.73. The molecule has 0 radical (unpaired) electrons. The molecule has 1 unspecified atom stereocenters. The van der Waals surface area contributed by atoms with Gasteiger partial charge in [-0.2, -0.15) is 0 Å². The lowest BCUT2D eigenvalue weighted by Crippen LogP contribution is -2.56. The molecule has 1 aromatic heterocycles. The van der Waals surface area contributed by atoms with Crippen molar-refractivity contribution in [2.24, 2.45) is 11.1 Å². The van der Waals surface area contributed by atoms with E-state index in [1.54, 1.807) is 0 Å². The molecule has 3 aliphatic rings. The SMILES string of the molecule is NCCC1(c2ccccn2)CCC2(OCCO2)C2(CCCC2)C1. The first-order chi connectivity index (χ1) is 11.2. The zero-order valence-corrected chi connectivity index (χ0v) is 13.9. The Morgan fingerprint density at radius 2 is 1.83 bits per heavy atom. The third-order valence-corrected chi connectivity index (χ3v) is 6.56. The number of rotatable bonds is 3. The molecule has 0 bridgehead atoms. The van der Waals surface area contributed by atoms with Gasteiger partial charge in [0, 0.05) is 29.1 Å². The fourth-order valence-corrected chi connectivity index (χ4v) is 5.57. The minimum Gasteiger partial charge on any atom is -0.347 e. The van der Waals surface area contributed by atoms with Gasteiger partial charge in [-0.25, -0.2) is 0 Å². The van der Waals surface area contributed by atoms with Crippen LogP contribution < -0.4 is 5.73 Å². The molecule has 1 saturated heterocycles. The van der Waals surface area contributed by atoms with Gasteiger partial charge in [0.05, 0.1) is 13.2 Å². The highest BCUT2D eigenvalue weighted by Crippen LogP contribution is 2.63. The fourth-order valence-electron chi connectivity index (χ4n) is 5.57. The van der Waals surface area contributed by atoms with Crippen LogP contribution in [0.5, 0.6) is 0 Å². The van der Waals surface area contributed by atoms with Gasteiger partial charge in [0.25, 0.3) is 0 Å². The van der Waals surface area contributed by atoms with Crippen LogP contribution in [0, 0.1) is 5.41 Å². The maximum absolute atomic E-state index is 6.25. The Morgan fingerprint density at radius 1 is 1.04 bits per heavy atom. The lowest BCUT2D eigenvalue weighted by atomic mass is 9.56. The maximum atomic E-state index is 6.25. The molecule has 2 N–H and O–H groups in total. The van der Waals surface area contributed by atoms with Crippen LogP contribution in [0.1, 0.15) is 57.1 Å². The number of hydrogen-bond acceptors (Lipinski definition) is 4. The summed E-state index contributed by atoms with van der Waals surface area (Å²) in [6, 6.07) is 6.29. The maximum Gasteiger partial charge on any atom is 0.174 e. The molecule has 2 heterocycles. The minimum absolute atomic E-state index is 0.0842. The zero-order valence-electron chi connectivity index (χ0n) is 13.9. The molecule has 4 heteroatoms. The Labute approximate surface area is 138 Å². The zero-order chi connectivity index (χ0) is 15.8. The summed E-state index contributed by atoms with van der Waals surface area (Å²) in [5, 5.41) is 0. The smallest absolute Gasteiger partial charge is 0.174 e. The molecule has 3 fully saturated rings. The number of ether oxygens (including phenoxy) is 2. The van der Waals surface area contributed by atoms with Gasteiger partial charge < -0.3 is 15.2 Å². The third kappa shape index (κ3) is 2.34. The van der Waals surface area contributed by atoms with E-state index < -0.39 is 0 Å². The second kappa shape index (κ2) is 5.83. The average Bonchev–Trinajstić information content (AvgIpc) is 3.24. The van der Waals surface area contributed by atoms with Gasteiger partial charge in [-0.05, 0) is 50.8 Å². The number of fused-ring (bicyclic) bond motifs is 1. The predicted molar refractivity (Wildman–Crippen MR) is 89.0 cm³/mol. The predicted octanol–water partition coefficient (Wildman–Crippen LogP) is 3.16. The summed E-state index contributed by atoms with van der Waals surface area (Å²) in [5.41, 5.74) is 7.47. The molecule has 1 aliphatic heterocycles. The monoisotopic (exact) mass is 316 g/mol. The lowest BCUT2D eigenvalue weighted by Gasteiger charge is -2.55. The normalized spacial score (nSPS) is 31.9. The van der Waals surface area contributed by atoms with Gasteiger partial charge in [-0.3, -0.25) is 4.98 Å². The Kier molecular flexibility index (Phi) is 3.94. The first-order valence-corrected chi connectivity index (χ1v) is 9.14. The van der Waals surface area contributed by atoms with Crippen molar-refractivity contribution in [3.63, 3.8) is 0 Å². The fraction of sp³-hybridized carbons (Fsp3) is 0.737. The summed E-state index contributed by atoms with van der Waals surface area (Å²) < 4.78 is 12.5. The van der Waals surface area contributed by atoms with Crippen molar-refractivity contribution >= 4 is 0 Å². The molecule has 23 heavy (non-hydrogen) atoms. The van der Waals surface area contributed by atoms with E-state index in [-0.39, 0.29) is 16.6 Å². The topological polar surface area (TPSA) is 57.4 Å². The largest absolute Gasteiger partial charge is 0.347 e. The van der Waals surface area contributed by atoms with E-state index in [0.29, 0.717) is 6.54 Å². The molecule has 1 atom stereocenters. The third-order valence-electron chi connectivity index (χ3n) is 6.56. The highest BCUT2D eigenvalue weighted by molar-refractivity contribution is 5.22. The number of hydrogen-bond donors (Lipinski definition) is 1. The van der Waals surface area contributed by atoms with Crippen LogP contribution in [0.15, 0.2) is 24.4 Å². The lowest BCUT2D eigenvalue weighted by molar-refractivity contribution is -0.265. The standard InChI is InChI=1S/C19H28N2O2/c20-11-10-17(16-5-1-4-12-21-16)8-9-19(22-13-14-23-19)18(15-17)6-2-3-7-18/h1,4-5,12H,2-3,6-11,13-15,20H2. The van der Waals surface area contributed by atoms with Gasteiger partial charge in [0.15, 0.2) is 5.79 Å². The van der Waals surface area contributed by atoms with Crippen molar-refractivity contribution in [2.45, 2.75) is 62.6 Å². The molecular weight excluding hydrogens is 288 g/mol. The Morgan fingerprint density at radius 3 is 2.48 bits per heavy atom. The quantitative estimate of drug-likeness (QED) is 0.930. The number of aromatic nitrogens is 1. The molecule has 4 nitrogen and oxygen atoms in total. The highest BCUT2D eigenvalue weighted by atomic mass is 16.7. The van der Waals surface area contributed by atoms with Gasteiger partial charge in [0.1, 0.15) is 0 Å². The molecule has 126 valence electrons. The van der Waals surface area contributed by atoms with E-state index in [4.69, 9.17) is 20.2 Å². The second-order valence-corrected chi connectivity index (χ2v) is 7.65. The second-order valence-electron chi connectivity index (χ2n) is 7.65. The van der Waals surface area contributed by atoms with E-state index in [1.165, 1.54) is 31.4 Å². The molecule has 1 aromatic rings. The van der Waals surface area contributed by atoms with E-state index in [9.17, 15) is 0 Å². The summed E-state index contributed by atoms with van der Waals surface area (Å²) in [4.78, 5) is 4.73.